The van der Waals surface area contributed by atoms with Crippen molar-refractivity contribution in [2.45, 2.75) is 49.9 Å². The number of amides is 1. The largest absolute Gasteiger partial charge is 0.371 e. The maximum atomic E-state index is 12.2. The molecule has 1 aromatic rings. The molecule has 0 aliphatic carbocycles. The number of hydrogen-bond acceptors (Lipinski definition) is 5. The second-order valence-corrected chi connectivity index (χ2v) is 5.92. The lowest BCUT2D eigenvalue weighted by atomic mass is 10.0. The first-order chi connectivity index (χ1) is 11.2. The zero-order valence-corrected chi connectivity index (χ0v) is 12.9. The summed E-state index contributed by atoms with van der Waals surface area (Å²) in [5, 5.41) is 11.2. The van der Waals surface area contributed by atoms with Gasteiger partial charge in [0.05, 0.1) is 6.04 Å². The van der Waals surface area contributed by atoms with Crippen molar-refractivity contribution in [3.63, 3.8) is 0 Å². The van der Waals surface area contributed by atoms with Gasteiger partial charge in [0, 0.05) is 44.7 Å². The molecule has 2 aliphatic rings. The van der Waals surface area contributed by atoms with Crippen LogP contribution in [-0.4, -0.2) is 29.2 Å². The molecular formula is C17H20N4O2. The lowest BCUT2D eigenvalue weighted by Crippen LogP contribution is -2.37. The predicted octanol–water partition coefficient (Wildman–Crippen LogP) is 2.38. The number of hydrogen-bond donors (Lipinski definition) is 1. The first kappa shape index (κ1) is 15.6. The first-order valence-electron chi connectivity index (χ1n) is 7.91. The summed E-state index contributed by atoms with van der Waals surface area (Å²) >= 11 is 0. The molecule has 1 aromatic heterocycles. The third kappa shape index (κ3) is 3.93. The zero-order valence-electron chi connectivity index (χ0n) is 12.9. The summed E-state index contributed by atoms with van der Waals surface area (Å²) in [5.74, 6) is 2.60. The van der Waals surface area contributed by atoms with E-state index >= 15 is 0 Å². The average molecular weight is 312 g/mol. The lowest BCUT2D eigenvalue weighted by molar-refractivity contribution is -0.122. The highest BCUT2D eigenvalue weighted by Crippen LogP contribution is 2.37. The normalized spacial score (nSPS) is 24.1. The fraction of sp³-hybridized carbons (Fsp3) is 0.529. The molecule has 2 atom stereocenters. The number of carbonyl (C=O) groups is 1. The van der Waals surface area contributed by atoms with Crippen LogP contribution in [0.2, 0.25) is 0 Å². The van der Waals surface area contributed by atoms with Crippen LogP contribution in [0.1, 0.15) is 43.8 Å². The van der Waals surface area contributed by atoms with Crippen LogP contribution in [-0.2, 0) is 9.53 Å². The Morgan fingerprint density at radius 3 is 2.87 bits per heavy atom. The Kier molecular flexibility index (Phi) is 4.68. The van der Waals surface area contributed by atoms with Crippen LogP contribution in [0.4, 0.5) is 0 Å². The molecule has 0 aromatic carbocycles. The molecule has 0 radical (unpaired) electrons. The molecule has 6 heteroatoms. The Morgan fingerprint density at radius 1 is 1.39 bits per heavy atom. The summed E-state index contributed by atoms with van der Waals surface area (Å²) in [6.07, 6.45) is 11.8. The first-order valence-corrected chi connectivity index (χ1v) is 7.91. The van der Waals surface area contributed by atoms with Crippen molar-refractivity contribution >= 4 is 5.91 Å². The molecule has 1 fully saturated rings. The Hall–Kier alpha value is -2.26. The Labute approximate surface area is 135 Å². The van der Waals surface area contributed by atoms with Crippen LogP contribution in [0.25, 0.3) is 0 Å². The molecular weight excluding hydrogens is 292 g/mol. The highest BCUT2D eigenvalue weighted by molar-refractivity contribution is 5.76. The van der Waals surface area contributed by atoms with Crippen molar-refractivity contribution in [2.75, 3.05) is 6.61 Å². The van der Waals surface area contributed by atoms with Gasteiger partial charge in [-0.3, -0.25) is 9.78 Å². The van der Waals surface area contributed by atoms with Crippen molar-refractivity contribution in [3.05, 3.63) is 30.1 Å². The second kappa shape index (κ2) is 6.88. The molecule has 3 rings (SSSR count). The minimum Gasteiger partial charge on any atom is -0.371 e. The van der Waals surface area contributed by atoms with E-state index in [0.29, 0.717) is 25.9 Å². The van der Waals surface area contributed by atoms with E-state index in [9.17, 15) is 4.79 Å². The van der Waals surface area contributed by atoms with Gasteiger partial charge in [-0.25, -0.2) is 0 Å². The van der Waals surface area contributed by atoms with Gasteiger partial charge >= 0.3 is 0 Å². The van der Waals surface area contributed by atoms with Crippen molar-refractivity contribution in [1.29, 1.82) is 0 Å². The van der Waals surface area contributed by atoms with Gasteiger partial charge in [0.25, 0.3) is 0 Å². The average Bonchev–Trinajstić information content (AvgIpc) is 3.21. The fourth-order valence-electron chi connectivity index (χ4n) is 2.88. The highest BCUT2D eigenvalue weighted by Gasteiger charge is 2.39. The predicted molar refractivity (Wildman–Crippen MR) is 84.4 cm³/mol. The van der Waals surface area contributed by atoms with Gasteiger partial charge in [-0.1, -0.05) is 0 Å². The van der Waals surface area contributed by atoms with Crippen LogP contribution in [0, 0.1) is 12.3 Å². The number of aromatic nitrogens is 1. The van der Waals surface area contributed by atoms with E-state index in [1.807, 2.05) is 12.1 Å². The van der Waals surface area contributed by atoms with E-state index < -0.39 is 5.66 Å². The van der Waals surface area contributed by atoms with E-state index in [1.54, 1.807) is 12.4 Å². The Bertz CT molecular complexity index is 617. The third-order valence-corrected chi connectivity index (χ3v) is 4.28. The van der Waals surface area contributed by atoms with Crippen molar-refractivity contribution < 1.29 is 9.53 Å². The molecule has 0 spiro atoms. The summed E-state index contributed by atoms with van der Waals surface area (Å²) in [6, 6.07) is 3.84. The molecule has 2 aliphatic heterocycles. The van der Waals surface area contributed by atoms with Gasteiger partial charge in [0.15, 0.2) is 5.66 Å². The Balaban J connectivity index is 1.49. The smallest absolute Gasteiger partial charge is 0.220 e. The van der Waals surface area contributed by atoms with E-state index in [-0.39, 0.29) is 18.1 Å². The number of terminal acetylenes is 1. The maximum Gasteiger partial charge on any atom is 0.220 e. The molecule has 3 heterocycles. The molecule has 1 N–H and O–H groups in total. The fourth-order valence-corrected chi connectivity index (χ4v) is 2.88. The van der Waals surface area contributed by atoms with Crippen molar-refractivity contribution in [2.24, 2.45) is 10.2 Å². The van der Waals surface area contributed by atoms with Crippen LogP contribution in [0.3, 0.4) is 0 Å². The molecule has 120 valence electrons. The molecule has 0 saturated carbocycles. The quantitative estimate of drug-likeness (QED) is 0.785. The summed E-state index contributed by atoms with van der Waals surface area (Å²) in [4.78, 5) is 16.2. The molecule has 6 nitrogen and oxygen atoms in total. The van der Waals surface area contributed by atoms with Crippen LogP contribution >= 0.6 is 0 Å². The third-order valence-electron chi connectivity index (χ3n) is 4.28. The maximum absolute atomic E-state index is 12.2. The van der Waals surface area contributed by atoms with E-state index in [0.717, 1.165) is 18.4 Å². The summed E-state index contributed by atoms with van der Waals surface area (Å²) < 4.78 is 5.76. The van der Waals surface area contributed by atoms with Crippen molar-refractivity contribution in [1.82, 2.24) is 10.3 Å². The molecule has 1 saturated heterocycles. The number of carbonyl (C=O) groups excluding carboxylic acids is 1. The molecule has 1 amide bonds. The second-order valence-electron chi connectivity index (χ2n) is 5.92. The van der Waals surface area contributed by atoms with Crippen LogP contribution < -0.4 is 5.32 Å². The minimum absolute atomic E-state index is 0.000334. The SMILES string of the molecule is C#CCCC1(CCC(=O)N[C@@H]2CCO[C@H]2c2ccncc2)N=N1. The van der Waals surface area contributed by atoms with Gasteiger partial charge in [-0.15, -0.1) is 12.3 Å². The lowest BCUT2D eigenvalue weighted by Gasteiger charge is -2.20. The van der Waals surface area contributed by atoms with E-state index in [2.05, 4.69) is 26.4 Å². The van der Waals surface area contributed by atoms with Gasteiger partial charge < -0.3 is 10.1 Å². The van der Waals surface area contributed by atoms with E-state index in [1.165, 1.54) is 0 Å². The summed E-state index contributed by atoms with van der Waals surface area (Å²) in [5.41, 5.74) is 0.640. The monoisotopic (exact) mass is 312 g/mol. The van der Waals surface area contributed by atoms with Gasteiger partial charge in [0.1, 0.15) is 6.10 Å². The number of nitrogens with one attached hydrogen (secondary N) is 1. The summed E-state index contributed by atoms with van der Waals surface area (Å²) in [6.45, 7) is 0.648. The molecule has 23 heavy (non-hydrogen) atoms. The summed E-state index contributed by atoms with van der Waals surface area (Å²) in [7, 11) is 0. The topological polar surface area (TPSA) is 75.9 Å². The van der Waals surface area contributed by atoms with E-state index in [4.69, 9.17) is 11.2 Å². The number of nitrogens with zero attached hydrogens (tertiary/aromatic N) is 3. The van der Waals surface area contributed by atoms with Crippen LogP contribution in [0.15, 0.2) is 34.8 Å². The standard InChI is InChI=1S/C17H20N4O2/c1-2-3-8-17(20-21-17)9-4-15(22)19-14-7-12-23-16(14)13-5-10-18-11-6-13/h1,5-6,10-11,14,16H,3-4,7-9,12H2,(H,19,22)/t14-,16+/m1/s1. The highest BCUT2D eigenvalue weighted by atomic mass is 16.5. The van der Waals surface area contributed by atoms with Gasteiger partial charge in [-0.05, 0) is 24.1 Å². The van der Waals surface area contributed by atoms with Crippen LogP contribution in [0.5, 0.6) is 0 Å². The molecule has 0 unspecified atom stereocenters. The van der Waals surface area contributed by atoms with Gasteiger partial charge in [-0.2, -0.15) is 10.2 Å². The van der Waals surface area contributed by atoms with Gasteiger partial charge in [0.2, 0.25) is 5.91 Å². The minimum atomic E-state index is -0.402. The number of pyridine rings is 1. The number of rotatable bonds is 7. The number of ether oxygens (including phenoxy) is 1. The molecule has 0 bridgehead atoms. The van der Waals surface area contributed by atoms with Crippen molar-refractivity contribution in [3.8, 4) is 12.3 Å². The Morgan fingerprint density at radius 2 is 2.17 bits per heavy atom. The zero-order chi connectivity index (χ0) is 16.1.